The lowest BCUT2D eigenvalue weighted by Gasteiger charge is -2.05. The van der Waals surface area contributed by atoms with Crippen LogP contribution in [0.15, 0.2) is 11.4 Å². The number of nitriles is 1. The predicted molar refractivity (Wildman–Crippen MR) is 60.8 cm³/mol. The molecular weight excluding hydrogens is 208 g/mol. The molecule has 1 aromatic heterocycles. The van der Waals surface area contributed by atoms with Gasteiger partial charge in [-0.2, -0.15) is 5.26 Å². The van der Waals surface area contributed by atoms with Gasteiger partial charge in [0.1, 0.15) is 0 Å². The molecule has 4 heteroatoms. The Kier molecular flexibility index (Phi) is 4.32. The Balaban J connectivity index is 2.58. The molecule has 0 spiro atoms. The van der Waals surface area contributed by atoms with Crippen LogP contribution in [0.3, 0.4) is 0 Å². The van der Waals surface area contributed by atoms with Crippen molar-refractivity contribution < 1.29 is 4.79 Å². The molecule has 1 unspecified atom stereocenters. The number of carbonyl (C=O) groups excluding carboxylic acids is 1. The molecule has 0 saturated carbocycles. The number of amides is 1. The summed E-state index contributed by atoms with van der Waals surface area (Å²) >= 11 is 1.45. The summed E-state index contributed by atoms with van der Waals surface area (Å²) < 4.78 is 0. The van der Waals surface area contributed by atoms with E-state index in [1.807, 2.05) is 18.4 Å². The Morgan fingerprint density at radius 2 is 2.47 bits per heavy atom. The molecule has 3 nitrogen and oxygen atoms in total. The van der Waals surface area contributed by atoms with Gasteiger partial charge in [-0.25, -0.2) is 0 Å². The van der Waals surface area contributed by atoms with Crippen LogP contribution in [-0.4, -0.2) is 12.5 Å². The monoisotopic (exact) mass is 222 g/mol. The highest BCUT2D eigenvalue weighted by atomic mass is 32.1. The molecule has 80 valence electrons. The molecule has 1 amide bonds. The average molecular weight is 222 g/mol. The zero-order valence-electron chi connectivity index (χ0n) is 8.91. The second-order valence-corrected chi connectivity index (χ2v) is 4.28. The maximum atomic E-state index is 11.7. The second-order valence-electron chi connectivity index (χ2n) is 3.37. The van der Waals surface area contributed by atoms with Crippen molar-refractivity contribution in [2.24, 2.45) is 5.92 Å². The molecule has 0 saturated heterocycles. The summed E-state index contributed by atoms with van der Waals surface area (Å²) in [6, 6.07) is 4.05. The Hall–Kier alpha value is -1.34. The number of aryl methyl sites for hydroxylation is 1. The first kappa shape index (κ1) is 11.7. The van der Waals surface area contributed by atoms with Crippen LogP contribution in [-0.2, 0) is 6.42 Å². The van der Waals surface area contributed by atoms with Crippen molar-refractivity contribution >= 4 is 17.2 Å². The van der Waals surface area contributed by atoms with E-state index in [0.717, 1.165) is 16.9 Å². The van der Waals surface area contributed by atoms with E-state index in [9.17, 15) is 4.79 Å². The largest absolute Gasteiger partial charge is 0.350 e. The number of thiophene rings is 1. The van der Waals surface area contributed by atoms with E-state index in [-0.39, 0.29) is 11.8 Å². The molecule has 0 aliphatic heterocycles. The van der Waals surface area contributed by atoms with E-state index in [1.54, 1.807) is 6.92 Å². The van der Waals surface area contributed by atoms with Crippen LogP contribution < -0.4 is 5.32 Å². The minimum atomic E-state index is -0.140. The summed E-state index contributed by atoms with van der Waals surface area (Å²) in [5.41, 5.74) is 1.07. The lowest BCUT2D eigenvalue weighted by atomic mass is 10.2. The van der Waals surface area contributed by atoms with Gasteiger partial charge in [0.25, 0.3) is 5.91 Å². The van der Waals surface area contributed by atoms with E-state index in [4.69, 9.17) is 5.26 Å². The van der Waals surface area contributed by atoms with Crippen molar-refractivity contribution in [2.45, 2.75) is 20.3 Å². The molecular formula is C11H14N2OS. The summed E-state index contributed by atoms with van der Waals surface area (Å²) in [6.07, 6.45) is 0.861. The molecule has 1 atom stereocenters. The SMILES string of the molecule is CCc1ccsc1C(=O)NCC(C)C#N. The second kappa shape index (κ2) is 5.52. The fraction of sp³-hybridized carbons (Fsp3) is 0.455. The van der Waals surface area contributed by atoms with Crippen LogP contribution >= 0.6 is 11.3 Å². The van der Waals surface area contributed by atoms with Gasteiger partial charge in [-0.3, -0.25) is 4.79 Å². The zero-order chi connectivity index (χ0) is 11.3. The fourth-order valence-corrected chi connectivity index (χ4v) is 2.10. The molecule has 0 aromatic carbocycles. The zero-order valence-corrected chi connectivity index (χ0v) is 9.73. The quantitative estimate of drug-likeness (QED) is 0.849. The van der Waals surface area contributed by atoms with Gasteiger partial charge in [0.2, 0.25) is 0 Å². The summed E-state index contributed by atoms with van der Waals surface area (Å²) in [6.45, 7) is 4.22. The minimum absolute atomic E-state index is 0.0658. The van der Waals surface area contributed by atoms with Gasteiger partial charge >= 0.3 is 0 Å². The van der Waals surface area contributed by atoms with E-state index in [1.165, 1.54) is 11.3 Å². The van der Waals surface area contributed by atoms with Crippen molar-refractivity contribution in [1.82, 2.24) is 5.32 Å². The normalized spacial score (nSPS) is 11.8. The third-order valence-corrected chi connectivity index (χ3v) is 3.08. The van der Waals surface area contributed by atoms with Crippen molar-refractivity contribution in [1.29, 1.82) is 5.26 Å². The number of hydrogen-bond acceptors (Lipinski definition) is 3. The topological polar surface area (TPSA) is 52.9 Å². The third kappa shape index (κ3) is 3.07. The van der Waals surface area contributed by atoms with Crippen molar-refractivity contribution in [3.05, 3.63) is 21.9 Å². The van der Waals surface area contributed by atoms with Gasteiger partial charge in [-0.1, -0.05) is 6.92 Å². The molecule has 0 bridgehead atoms. The highest BCUT2D eigenvalue weighted by Crippen LogP contribution is 2.16. The van der Waals surface area contributed by atoms with E-state index >= 15 is 0 Å². The summed E-state index contributed by atoms with van der Waals surface area (Å²) in [5.74, 6) is -0.206. The number of rotatable bonds is 4. The van der Waals surface area contributed by atoms with E-state index in [2.05, 4.69) is 11.4 Å². The minimum Gasteiger partial charge on any atom is -0.350 e. The molecule has 0 radical (unpaired) electrons. The Labute approximate surface area is 93.7 Å². The average Bonchev–Trinajstić information content (AvgIpc) is 2.73. The molecule has 0 fully saturated rings. The Bertz CT molecular complexity index is 378. The van der Waals surface area contributed by atoms with Gasteiger partial charge in [0.05, 0.1) is 16.9 Å². The first-order valence-electron chi connectivity index (χ1n) is 4.93. The first-order valence-corrected chi connectivity index (χ1v) is 5.81. The molecule has 1 aromatic rings. The summed E-state index contributed by atoms with van der Waals surface area (Å²) in [5, 5.41) is 13.3. The van der Waals surface area contributed by atoms with Gasteiger partial charge in [-0.05, 0) is 30.4 Å². The molecule has 1 heterocycles. The molecule has 0 aliphatic rings. The first-order chi connectivity index (χ1) is 7.19. The number of hydrogen-bond donors (Lipinski definition) is 1. The number of nitrogens with zero attached hydrogens (tertiary/aromatic N) is 1. The number of carbonyl (C=O) groups is 1. The van der Waals surface area contributed by atoms with Gasteiger partial charge in [0, 0.05) is 6.54 Å². The maximum Gasteiger partial charge on any atom is 0.261 e. The summed E-state index contributed by atoms with van der Waals surface area (Å²) in [4.78, 5) is 12.5. The smallest absolute Gasteiger partial charge is 0.261 e. The highest BCUT2D eigenvalue weighted by molar-refractivity contribution is 7.12. The predicted octanol–water partition coefficient (Wildman–Crippen LogP) is 2.20. The fourth-order valence-electron chi connectivity index (χ4n) is 1.19. The Morgan fingerprint density at radius 3 is 3.07 bits per heavy atom. The summed E-state index contributed by atoms with van der Waals surface area (Å²) in [7, 11) is 0. The molecule has 0 aliphatic carbocycles. The molecule has 1 rings (SSSR count). The highest BCUT2D eigenvalue weighted by Gasteiger charge is 2.12. The van der Waals surface area contributed by atoms with Crippen molar-refractivity contribution in [3.63, 3.8) is 0 Å². The Morgan fingerprint density at radius 1 is 1.73 bits per heavy atom. The van der Waals surface area contributed by atoms with Gasteiger partial charge in [-0.15, -0.1) is 11.3 Å². The third-order valence-electron chi connectivity index (χ3n) is 2.12. The van der Waals surface area contributed by atoms with Gasteiger partial charge in [0.15, 0.2) is 0 Å². The van der Waals surface area contributed by atoms with Crippen LogP contribution in [0, 0.1) is 17.2 Å². The van der Waals surface area contributed by atoms with E-state index in [0.29, 0.717) is 6.54 Å². The lowest BCUT2D eigenvalue weighted by molar-refractivity contribution is 0.0954. The van der Waals surface area contributed by atoms with Crippen LogP contribution in [0.25, 0.3) is 0 Å². The van der Waals surface area contributed by atoms with Crippen LogP contribution in [0.2, 0.25) is 0 Å². The van der Waals surface area contributed by atoms with Crippen LogP contribution in [0.1, 0.15) is 29.1 Å². The van der Waals surface area contributed by atoms with E-state index < -0.39 is 0 Å². The molecule has 15 heavy (non-hydrogen) atoms. The number of nitrogens with one attached hydrogen (secondary N) is 1. The van der Waals surface area contributed by atoms with Crippen LogP contribution in [0.5, 0.6) is 0 Å². The standard InChI is InChI=1S/C11H14N2OS/c1-3-9-4-5-15-10(9)11(14)13-7-8(2)6-12/h4-5,8H,3,7H2,1-2H3,(H,13,14). The lowest BCUT2D eigenvalue weighted by Crippen LogP contribution is -2.27. The molecule has 1 N–H and O–H groups in total. The maximum absolute atomic E-state index is 11.7. The van der Waals surface area contributed by atoms with Gasteiger partial charge < -0.3 is 5.32 Å². The van der Waals surface area contributed by atoms with Crippen LogP contribution in [0.4, 0.5) is 0 Å². The van der Waals surface area contributed by atoms with Crippen molar-refractivity contribution in [3.8, 4) is 6.07 Å². The van der Waals surface area contributed by atoms with Crippen molar-refractivity contribution in [2.75, 3.05) is 6.54 Å².